The van der Waals surface area contributed by atoms with Crippen molar-refractivity contribution in [1.29, 1.82) is 0 Å². The molecule has 0 fully saturated rings. The van der Waals surface area contributed by atoms with E-state index in [1.807, 2.05) is 26.2 Å². The number of thioether (sulfide) groups is 1. The molecule has 0 aliphatic carbocycles. The Labute approximate surface area is 194 Å². The van der Waals surface area contributed by atoms with Crippen molar-refractivity contribution in [2.75, 3.05) is 18.1 Å². The van der Waals surface area contributed by atoms with E-state index in [2.05, 4.69) is 20.6 Å². The molecule has 0 bridgehead atoms. The van der Waals surface area contributed by atoms with Gasteiger partial charge in [0.1, 0.15) is 11.6 Å². The van der Waals surface area contributed by atoms with Crippen molar-refractivity contribution in [1.82, 2.24) is 15.3 Å². The molecule has 2 heterocycles. The molecule has 3 aromatic rings. The molecule has 5 nitrogen and oxygen atoms in total. The van der Waals surface area contributed by atoms with Gasteiger partial charge in [-0.15, -0.1) is 0 Å². The maximum absolute atomic E-state index is 14.3. The lowest BCUT2D eigenvalue weighted by Gasteiger charge is -2.32. The molecule has 0 unspecified atom stereocenters. The summed E-state index contributed by atoms with van der Waals surface area (Å²) in [6.07, 6.45) is 3.27. The molecule has 166 valence electrons. The van der Waals surface area contributed by atoms with Crippen LogP contribution in [0.3, 0.4) is 0 Å². The lowest BCUT2D eigenvalue weighted by atomic mass is 9.78. The Bertz CT molecular complexity index is 1220. The molecule has 1 aromatic heterocycles. The standard InChI is InChI=1S/C23H21ClF2N4OS/c1-23(2)11-28-21(31)14-5-4-12(6-15(14)23)20-16(24)9-27-22(30-20)29-19-7-13(10-32-3)17(25)8-18(19)26/h4-9H,10-11H2,1-3H3,(H,28,31)(H,27,29,30). The van der Waals surface area contributed by atoms with Crippen molar-refractivity contribution in [2.24, 2.45) is 0 Å². The van der Waals surface area contributed by atoms with Crippen LogP contribution in [0.15, 0.2) is 36.5 Å². The molecule has 1 amide bonds. The second-order valence-electron chi connectivity index (χ2n) is 8.20. The number of amides is 1. The molecule has 0 spiro atoms. The summed E-state index contributed by atoms with van der Waals surface area (Å²) >= 11 is 7.81. The van der Waals surface area contributed by atoms with E-state index in [0.29, 0.717) is 39.7 Å². The first-order valence-corrected chi connectivity index (χ1v) is 11.7. The molecule has 0 atom stereocenters. The summed E-state index contributed by atoms with van der Waals surface area (Å²) in [6.45, 7) is 4.62. The third-order valence-electron chi connectivity index (χ3n) is 5.38. The minimum atomic E-state index is -0.742. The summed E-state index contributed by atoms with van der Waals surface area (Å²) in [5.41, 5.74) is 2.87. The molecule has 0 saturated heterocycles. The van der Waals surface area contributed by atoms with Gasteiger partial charge in [-0.1, -0.05) is 31.5 Å². The van der Waals surface area contributed by atoms with Crippen molar-refractivity contribution in [3.05, 3.63) is 69.9 Å². The first-order valence-electron chi connectivity index (χ1n) is 9.89. The second kappa shape index (κ2) is 8.67. The number of carbonyl (C=O) groups excluding carboxylic acids is 1. The summed E-state index contributed by atoms with van der Waals surface area (Å²) in [5, 5.41) is 6.04. The molecule has 2 N–H and O–H groups in total. The minimum Gasteiger partial charge on any atom is -0.351 e. The number of aromatic nitrogens is 2. The fourth-order valence-corrected chi connectivity index (χ4v) is 4.38. The van der Waals surface area contributed by atoms with E-state index in [0.717, 1.165) is 11.6 Å². The lowest BCUT2D eigenvalue weighted by Crippen LogP contribution is -2.43. The number of nitrogens with one attached hydrogen (secondary N) is 2. The molecule has 9 heteroatoms. The van der Waals surface area contributed by atoms with Crippen LogP contribution in [0.5, 0.6) is 0 Å². The third-order valence-corrected chi connectivity index (χ3v) is 6.26. The predicted octanol–water partition coefficient (Wildman–Crippen LogP) is 5.70. The SMILES string of the molecule is CSCc1cc(Nc2ncc(Cl)c(-c3ccc4c(c3)C(C)(C)CNC4=O)n2)c(F)cc1F. The molecular weight excluding hydrogens is 454 g/mol. The van der Waals surface area contributed by atoms with E-state index in [-0.39, 0.29) is 23.0 Å². The smallest absolute Gasteiger partial charge is 0.251 e. The van der Waals surface area contributed by atoms with Crippen molar-refractivity contribution in [3.63, 3.8) is 0 Å². The van der Waals surface area contributed by atoms with Gasteiger partial charge in [-0.25, -0.2) is 18.7 Å². The van der Waals surface area contributed by atoms with Crippen molar-refractivity contribution >= 4 is 40.9 Å². The van der Waals surface area contributed by atoms with Crippen LogP contribution in [0.1, 0.15) is 35.3 Å². The van der Waals surface area contributed by atoms with Gasteiger partial charge in [0.25, 0.3) is 5.91 Å². The van der Waals surface area contributed by atoms with Gasteiger partial charge in [-0.2, -0.15) is 11.8 Å². The first-order chi connectivity index (χ1) is 15.2. The van der Waals surface area contributed by atoms with Gasteiger partial charge in [-0.05, 0) is 35.6 Å². The number of halogens is 3. The van der Waals surface area contributed by atoms with Gasteiger partial charge in [0.2, 0.25) is 5.95 Å². The van der Waals surface area contributed by atoms with E-state index < -0.39 is 11.6 Å². The van der Waals surface area contributed by atoms with Crippen LogP contribution in [-0.4, -0.2) is 28.7 Å². The fourth-order valence-electron chi connectivity index (χ4n) is 3.65. The van der Waals surface area contributed by atoms with Crippen LogP contribution in [0, 0.1) is 11.6 Å². The van der Waals surface area contributed by atoms with Crippen LogP contribution in [0.25, 0.3) is 11.3 Å². The van der Waals surface area contributed by atoms with Crippen LogP contribution >= 0.6 is 23.4 Å². The van der Waals surface area contributed by atoms with Crippen molar-refractivity contribution in [2.45, 2.75) is 25.0 Å². The summed E-state index contributed by atoms with van der Waals surface area (Å²) in [6, 6.07) is 7.69. The molecule has 1 aliphatic heterocycles. The molecule has 4 rings (SSSR count). The number of nitrogens with zero attached hydrogens (tertiary/aromatic N) is 2. The fraction of sp³-hybridized carbons (Fsp3) is 0.261. The highest BCUT2D eigenvalue weighted by Gasteiger charge is 2.32. The maximum atomic E-state index is 14.3. The molecule has 1 aliphatic rings. The van der Waals surface area contributed by atoms with E-state index in [9.17, 15) is 13.6 Å². The van der Waals surface area contributed by atoms with E-state index in [1.54, 1.807) is 12.1 Å². The molecule has 2 aromatic carbocycles. The lowest BCUT2D eigenvalue weighted by molar-refractivity contribution is 0.0930. The largest absolute Gasteiger partial charge is 0.351 e. The first kappa shape index (κ1) is 22.5. The van der Waals surface area contributed by atoms with E-state index in [1.165, 1.54) is 24.0 Å². The quantitative estimate of drug-likeness (QED) is 0.496. The Morgan fingerprint density at radius 1 is 1.22 bits per heavy atom. The zero-order chi connectivity index (χ0) is 23.0. The Hall–Kier alpha value is -2.71. The highest BCUT2D eigenvalue weighted by molar-refractivity contribution is 7.97. The number of benzene rings is 2. The number of anilines is 2. The Morgan fingerprint density at radius 2 is 2.00 bits per heavy atom. The van der Waals surface area contributed by atoms with Gasteiger partial charge in [0, 0.05) is 34.9 Å². The van der Waals surface area contributed by atoms with Gasteiger partial charge in [0.15, 0.2) is 0 Å². The second-order valence-corrected chi connectivity index (χ2v) is 9.47. The van der Waals surface area contributed by atoms with Gasteiger partial charge >= 0.3 is 0 Å². The van der Waals surface area contributed by atoms with Crippen LogP contribution in [0.2, 0.25) is 5.02 Å². The number of hydrogen-bond acceptors (Lipinski definition) is 5. The molecule has 32 heavy (non-hydrogen) atoms. The van der Waals surface area contributed by atoms with Gasteiger partial charge in [0.05, 0.1) is 22.6 Å². The number of fused-ring (bicyclic) bond motifs is 1. The normalized spacial score (nSPS) is 14.6. The minimum absolute atomic E-state index is 0.0759. The average molecular weight is 475 g/mol. The molecular formula is C23H21ClF2N4OS. The Morgan fingerprint density at radius 3 is 2.75 bits per heavy atom. The molecule has 0 saturated carbocycles. The van der Waals surface area contributed by atoms with Gasteiger partial charge in [-0.3, -0.25) is 4.79 Å². The monoisotopic (exact) mass is 474 g/mol. The zero-order valence-electron chi connectivity index (χ0n) is 17.7. The van der Waals surface area contributed by atoms with Crippen molar-refractivity contribution < 1.29 is 13.6 Å². The number of carbonyl (C=O) groups is 1. The van der Waals surface area contributed by atoms with E-state index >= 15 is 0 Å². The highest BCUT2D eigenvalue weighted by Crippen LogP contribution is 2.35. The Kier molecular flexibility index (Phi) is 6.09. The number of rotatable bonds is 5. The summed E-state index contributed by atoms with van der Waals surface area (Å²) in [5.74, 6) is -0.921. The summed E-state index contributed by atoms with van der Waals surface area (Å²) in [7, 11) is 0. The summed E-state index contributed by atoms with van der Waals surface area (Å²) < 4.78 is 28.3. The van der Waals surface area contributed by atoms with E-state index in [4.69, 9.17) is 11.6 Å². The van der Waals surface area contributed by atoms with Gasteiger partial charge < -0.3 is 10.6 Å². The molecule has 0 radical (unpaired) electrons. The Balaban J connectivity index is 1.72. The van der Waals surface area contributed by atoms with Crippen LogP contribution in [0.4, 0.5) is 20.4 Å². The van der Waals surface area contributed by atoms with Crippen molar-refractivity contribution in [3.8, 4) is 11.3 Å². The summed E-state index contributed by atoms with van der Waals surface area (Å²) in [4.78, 5) is 20.9. The highest BCUT2D eigenvalue weighted by atomic mass is 35.5. The van der Waals surface area contributed by atoms with Crippen LogP contribution in [-0.2, 0) is 11.2 Å². The average Bonchev–Trinajstić information content (AvgIpc) is 2.75. The zero-order valence-corrected chi connectivity index (χ0v) is 19.3. The maximum Gasteiger partial charge on any atom is 0.251 e. The topological polar surface area (TPSA) is 66.9 Å². The third kappa shape index (κ3) is 4.29. The van der Waals surface area contributed by atoms with Crippen LogP contribution < -0.4 is 10.6 Å². The number of hydrogen-bond donors (Lipinski definition) is 2. The predicted molar refractivity (Wildman–Crippen MR) is 125 cm³/mol.